The second-order valence-corrected chi connectivity index (χ2v) is 3.94. The standard InChI is InChI=1S/C10H10ClN3O2/c1-6-10(16)13-9(15)5-14(6)7-2-3-12-8(11)4-7/h2-4,6H,5H2,1H3,(H,13,15,16). The van der Waals surface area contributed by atoms with Crippen LogP contribution in [-0.2, 0) is 9.59 Å². The maximum Gasteiger partial charge on any atom is 0.249 e. The molecule has 1 fully saturated rings. The highest BCUT2D eigenvalue weighted by atomic mass is 35.5. The molecule has 1 N–H and O–H groups in total. The van der Waals surface area contributed by atoms with Crippen LogP contribution in [-0.4, -0.2) is 29.4 Å². The number of carbonyl (C=O) groups is 2. The minimum Gasteiger partial charge on any atom is -0.350 e. The third kappa shape index (κ3) is 1.99. The molecule has 0 aliphatic carbocycles. The number of piperazine rings is 1. The molecule has 1 aromatic heterocycles. The van der Waals surface area contributed by atoms with Gasteiger partial charge in [-0.1, -0.05) is 11.6 Å². The van der Waals surface area contributed by atoms with Gasteiger partial charge in [0.1, 0.15) is 11.2 Å². The third-order valence-electron chi connectivity index (χ3n) is 2.47. The maximum atomic E-state index is 11.5. The molecule has 1 aromatic rings. The van der Waals surface area contributed by atoms with Gasteiger partial charge < -0.3 is 4.90 Å². The lowest BCUT2D eigenvalue weighted by atomic mass is 10.2. The first-order valence-corrected chi connectivity index (χ1v) is 5.17. The number of halogens is 1. The summed E-state index contributed by atoms with van der Waals surface area (Å²) in [6.45, 7) is 1.88. The van der Waals surface area contributed by atoms with E-state index in [1.807, 2.05) is 0 Å². The summed E-state index contributed by atoms with van der Waals surface area (Å²) >= 11 is 5.76. The fourth-order valence-electron chi connectivity index (χ4n) is 1.60. The van der Waals surface area contributed by atoms with Gasteiger partial charge in [-0.05, 0) is 19.1 Å². The topological polar surface area (TPSA) is 62.3 Å². The summed E-state index contributed by atoms with van der Waals surface area (Å²) in [6.07, 6.45) is 1.54. The molecule has 2 heterocycles. The molecule has 84 valence electrons. The summed E-state index contributed by atoms with van der Waals surface area (Å²) < 4.78 is 0. The van der Waals surface area contributed by atoms with E-state index in [0.717, 1.165) is 5.69 Å². The van der Waals surface area contributed by atoms with Gasteiger partial charge in [-0.2, -0.15) is 0 Å². The molecule has 0 saturated carbocycles. The number of anilines is 1. The van der Waals surface area contributed by atoms with Crippen molar-refractivity contribution in [3.8, 4) is 0 Å². The van der Waals surface area contributed by atoms with Gasteiger partial charge in [0, 0.05) is 11.9 Å². The summed E-state index contributed by atoms with van der Waals surface area (Å²) in [6, 6.07) is 2.95. The van der Waals surface area contributed by atoms with E-state index >= 15 is 0 Å². The largest absolute Gasteiger partial charge is 0.350 e. The van der Waals surface area contributed by atoms with Crippen molar-refractivity contribution in [3.63, 3.8) is 0 Å². The van der Waals surface area contributed by atoms with Gasteiger partial charge in [-0.3, -0.25) is 14.9 Å². The van der Waals surface area contributed by atoms with Crippen molar-refractivity contribution >= 4 is 29.1 Å². The Morgan fingerprint density at radius 3 is 3.00 bits per heavy atom. The Labute approximate surface area is 97.4 Å². The molecule has 1 saturated heterocycles. The van der Waals surface area contributed by atoms with Gasteiger partial charge in [0.15, 0.2) is 0 Å². The second kappa shape index (κ2) is 4.09. The van der Waals surface area contributed by atoms with E-state index in [-0.39, 0.29) is 18.4 Å². The molecule has 0 spiro atoms. The summed E-state index contributed by atoms with van der Waals surface area (Å²) in [7, 11) is 0. The summed E-state index contributed by atoms with van der Waals surface area (Å²) in [5.74, 6) is -0.611. The molecule has 1 aliphatic heterocycles. The molecule has 5 nitrogen and oxygen atoms in total. The number of amides is 2. The number of carbonyl (C=O) groups excluding carboxylic acids is 2. The number of pyridine rings is 1. The van der Waals surface area contributed by atoms with Gasteiger partial charge in [-0.25, -0.2) is 4.98 Å². The molecule has 2 amide bonds. The van der Waals surface area contributed by atoms with Gasteiger partial charge in [0.2, 0.25) is 11.8 Å². The highest BCUT2D eigenvalue weighted by molar-refractivity contribution is 6.29. The van der Waals surface area contributed by atoms with Crippen molar-refractivity contribution in [3.05, 3.63) is 23.5 Å². The van der Waals surface area contributed by atoms with Crippen LogP contribution in [0.5, 0.6) is 0 Å². The number of nitrogens with zero attached hydrogens (tertiary/aromatic N) is 2. The lowest BCUT2D eigenvalue weighted by Crippen LogP contribution is -2.57. The number of hydrogen-bond donors (Lipinski definition) is 1. The molecular formula is C10H10ClN3O2. The fraction of sp³-hybridized carbons (Fsp3) is 0.300. The van der Waals surface area contributed by atoms with Crippen molar-refractivity contribution in [2.24, 2.45) is 0 Å². The highest BCUT2D eigenvalue weighted by Gasteiger charge is 2.30. The van der Waals surface area contributed by atoms with E-state index in [2.05, 4.69) is 10.3 Å². The van der Waals surface area contributed by atoms with Crippen LogP contribution in [0.1, 0.15) is 6.92 Å². The van der Waals surface area contributed by atoms with Crippen LogP contribution in [0.4, 0.5) is 5.69 Å². The first-order chi connectivity index (χ1) is 7.58. The van der Waals surface area contributed by atoms with Crippen molar-refractivity contribution in [2.45, 2.75) is 13.0 Å². The molecule has 6 heteroatoms. The predicted octanol–water partition coefficient (Wildman–Crippen LogP) is 0.586. The van der Waals surface area contributed by atoms with Crippen LogP contribution in [0, 0.1) is 0 Å². The Morgan fingerprint density at radius 2 is 2.31 bits per heavy atom. The number of rotatable bonds is 1. The molecule has 1 unspecified atom stereocenters. The lowest BCUT2D eigenvalue weighted by molar-refractivity contribution is -0.132. The van der Waals surface area contributed by atoms with Crippen LogP contribution < -0.4 is 10.2 Å². The van der Waals surface area contributed by atoms with Crippen molar-refractivity contribution in [1.29, 1.82) is 0 Å². The van der Waals surface area contributed by atoms with Crippen molar-refractivity contribution < 1.29 is 9.59 Å². The van der Waals surface area contributed by atoms with Gasteiger partial charge in [0.25, 0.3) is 0 Å². The van der Waals surface area contributed by atoms with Crippen LogP contribution in [0.2, 0.25) is 5.15 Å². The fourth-order valence-corrected chi connectivity index (χ4v) is 1.77. The van der Waals surface area contributed by atoms with Gasteiger partial charge >= 0.3 is 0 Å². The van der Waals surface area contributed by atoms with Crippen LogP contribution in [0.15, 0.2) is 18.3 Å². The van der Waals surface area contributed by atoms with E-state index in [1.165, 1.54) is 0 Å². The Bertz CT molecular complexity index is 449. The Kier molecular flexibility index (Phi) is 2.78. The van der Waals surface area contributed by atoms with E-state index in [4.69, 9.17) is 11.6 Å². The second-order valence-electron chi connectivity index (χ2n) is 3.55. The molecule has 0 radical (unpaired) electrons. The van der Waals surface area contributed by atoms with Gasteiger partial charge in [0.05, 0.1) is 6.54 Å². The SMILES string of the molecule is CC1C(=O)NC(=O)CN1c1ccnc(Cl)c1. The minimum absolute atomic E-state index is 0.146. The van der Waals surface area contributed by atoms with Crippen molar-refractivity contribution in [2.75, 3.05) is 11.4 Å². The average molecular weight is 240 g/mol. The normalized spacial score (nSPS) is 20.9. The first-order valence-electron chi connectivity index (χ1n) is 4.80. The van der Waals surface area contributed by atoms with Crippen LogP contribution in [0.3, 0.4) is 0 Å². The Balaban J connectivity index is 2.32. The number of aromatic nitrogens is 1. The Hall–Kier alpha value is -1.62. The van der Waals surface area contributed by atoms with E-state index < -0.39 is 6.04 Å². The first kappa shape index (κ1) is 10.9. The van der Waals surface area contributed by atoms with Gasteiger partial charge in [-0.15, -0.1) is 0 Å². The summed E-state index contributed by atoms with van der Waals surface area (Å²) in [5.41, 5.74) is 0.718. The quantitative estimate of drug-likeness (QED) is 0.576. The maximum absolute atomic E-state index is 11.5. The molecule has 16 heavy (non-hydrogen) atoms. The minimum atomic E-state index is -0.392. The predicted molar refractivity (Wildman–Crippen MR) is 59.2 cm³/mol. The van der Waals surface area contributed by atoms with E-state index in [9.17, 15) is 9.59 Å². The highest BCUT2D eigenvalue weighted by Crippen LogP contribution is 2.20. The van der Waals surface area contributed by atoms with Crippen LogP contribution >= 0.6 is 11.6 Å². The summed E-state index contributed by atoms with van der Waals surface area (Å²) in [5, 5.41) is 2.61. The number of hydrogen-bond acceptors (Lipinski definition) is 4. The van der Waals surface area contributed by atoms with Crippen LogP contribution in [0.25, 0.3) is 0 Å². The number of nitrogens with one attached hydrogen (secondary N) is 1. The average Bonchev–Trinajstić information content (AvgIpc) is 2.23. The molecule has 0 bridgehead atoms. The smallest absolute Gasteiger partial charge is 0.249 e. The number of imide groups is 1. The third-order valence-corrected chi connectivity index (χ3v) is 2.67. The molecule has 0 aromatic carbocycles. The molecule has 1 atom stereocenters. The molecule has 2 rings (SSSR count). The zero-order chi connectivity index (χ0) is 11.7. The van der Waals surface area contributed by atoms with E-state index in [1.54, 1.807) is 30.2 Å². The van der Waals surface area contributed by atoms with E-state index in [0.29, 0.717) is 5.15 Å². The molecule has 1 aliphatic rings. The monoisotopic (exact) mass is 239 g/mol. The summed E-state index contributed by atoms with van der Waals surface area (Å²) in [4.78, 5) is 28.3. The zero-order valence-corrected chi connectivity index (χ0v) is 9.36. The Morgan fingerprint density at radius 1 is 1.56 bits per heavy atom. The zero-order valence-electron chi connectivity index (χ0n) is 8.61. The lowest BCUT2D eigenvalue weighted by Gasteiger charge is -2.33. The molecular weight excluding hydrogens is 230 g/mol. The van der Waals surface area contributed by atoms with Crippen molar-refractivity contribution in [1.82, 2.24) is 10.3 Å².